The van der Waals surface area contributed by atoms with Crippen molar-refractivity contribution in [3.05, 3.63) is 48.0 Å². The van der Waals surface area contributed by atoms with E-state index in [-0.39, 0.29) is 10.5 Å². The van der Waals surface area contributed by atoms with Gasteiger partial charge in [-0.05, 0) is 24.3 Å². The number of hydrogen-bond donors (Lipinski definition) is 1. The van der Waals surface area contributed by atoms with Gasteiger partial charge in [-0.3, -0.25) is 4.79 Å². The first-order chi connectivity index (χ1) is 11.0. The fraction of sp³-hybridized carbons (Fsp3) is 0.188. The Balaban J connectivity index is 2.26. The van der Waals surface area contributed by atoms with E-state index in [0.29, 0.717) is 28.9 Å². The van der Waals surface area contributed by atoms with E-state index in [9.17, 15) is 13.6 Å². The lowest BCUT2D eigenvalue weighted by atomic mass is 10.2. The molecule has 1 amide bonds. The number of alkyl halides is 2. The van der Waals surface area contributed by atoms with Gasteiger partial charge in [0.2, 0.25) is 0 Å². The molecular formula is C16H15F2NO3S. The van der Waals surface area contributed by atoms with E-state index in [2.05, 4.69) is 5.32 Å². The third-order valence-corrected chi connectivity index (χ3v) is 3.79. The molecule has 2 rings (SSSR count). The standard InChI is InChI=1S/C16H15F2NO3S/c1-21-10-7-8-12(13(9-10)22-2)19-15(20)11-5-3-4-6-14(11)23-16(17)18/h3-9,16H,1-2H3,(H,19,20). The number of carbonyl (C=O) groups is 1. The maximum Gasteiger partial charge on any atom is 0.288 e. The van der Waals surface area contributed by atoms with Crippen LogP contribution < -0.4 is 14.8 Å². The van der Waals surface area contributed by atoms with E-state index in [4.69, 9.17) is 9.47 Å². The van der Waals surface area contributed by atoms with Gasteiger partial charge in [0.15, 0.2) is 0 Å². The van der Waals surface area contributed by atoms with Gasteiger partial charge in [0, 0.05) is 11.0 Å². The molecule has 2 aromatic rings. The summed E-state index contributed by atoms with van der Waals surface area (Å²) in [6, 6.07) is 11.1. The van der Waals surface area contributed by atoms with E-state index in [1.165, 1.54) is 26.4 Å². The second-order valence-electron chi connectivity index (χ2n) is 4.40. The van der Waals surface area contributed by atoms with Crippen molar-refractivity contribution in [1.29, 1.82) is 0 Å². The van der Waals surface area contributed by atoms with Crippen molar-refractivity contribution < 1.29 is 23.0 Å². The summed E-state index contributed by atoms with van der Waals surface area (Å²) in [6.07, 6.45) is 0. The molecule has 0 aliphatic rings. The summed E-state index contributed by atoms with van der Waals surface area (Å²) in [5, 5.41) is 2.66. The third kappa shape index (κ3) is 4.35. The number of rotatable bonds is 6. The van der Waals surface area contributed by atoms with Crippen molar-refractivity contribution in [3.63, 3.8) is 0 Å². The molecular weight excluding hydrogens is 324 g/mol. The minimum absolute atomic E-state index is 0.177. The van der Waals surface area contributed by atoms with Gasteiger partial charge in [-0.1, -0.05) is 23.9 Å². The highest BCUT2D eigenvalue weighted by molar-refractivity contribution is 7.99. The van der Waals surface area contributed by atoms with Crippen LogP contribution >= 0.6 is 11.8 Å². The van der Waals surface area contributed by atoms with Crippen molar-refractivity contribution in [3.8, 4) is 11.5 Å². The molecule has 1 N–H and O–H groups in total. The molecule has 23 heavy (non-hydrogen) atoms. The molecule has 0 radical (unpaired) electrons. The molecule has 0 aliphatic carbocycles. The van der Waals surface area contributed by atoms with Gasteiger partial charge in [0.25, 0.3) is 11.7 Å². The average Bonchev–Trinajstić information content (AvgIpc) is 2.55. The molecule has 0 aliphatic heterocycles. The van der Waals surface area contributed by atoms with Crippen LogP contribution in [0.5, 0.6) is 11.5 Å². The van der Waals surface area contributed by atoms with Gasteiger partial charge < -0.3 is 14.8 Å². The van der Waals surface area contributed by atoms with Crippen molar-refractivity contribution in [2.45, 2.75) is 10.7 Å². The highest BCUT2D eigenvalue weighted by Gasteiger charge is 2.16. The quantitative estimate of drug-likeness (QED) is 0.799. The molecule has 0 saturated carbocycles. The molecule has 4 nitrogen and oxygen atoms in total. The smallest absolute Gasteiger partial charge is 0.288 e. The lowest BCUT2D eigenvalue weighted by molar-refractivity contribution is 0.102. The minimum atomic E-state index is -2.60. The van der Waals surface area contributed by atoms with Crippen LogP contribution in [0, 0.1) is 0 Å². The van der Waals surface area contributed by atoms with Crippen LogP contribution in [-0.4, -0.2) is 25.9 Å². The molecule has 0 fully saturated rings. The van der Waals surface area contributed by atoms with Crippen molar-refractivity contribution >= 4 is 23.4 Å². The molecule has 0 heterocycles. The lowest BCUT2D eigenvalue weighted by Crippen LogP contribution is -2.14. The normalized spacial score (nSPS) is 10.5. The maximum atomic E-state index is 12.6. The number of carbonyl (C=O) groups excluding carboxylic acids is 1. The lowest BCUT2D eigenvalue weighted by Gasteiger charge is -2.13. The van der Waals surface area contributed by atoms with Crippen LogP contribution in [-0.2, 0) is 0 Å². The molecule has 0 unspecified atom stereocenters. The Kier molecular flexibility index (Phi) is 5.81. The zero-order chi connectivity index (χ0) is 16.8. The molecule has 122 valence electrons. The fourth-order valence-electron chi connectivity index (χ4n) is 1.94. The first-order valence-electron chi connectivity index (χ1n) is 6.62. The summed E-state index contributed by atoms with van der Waals surface area (Å²) >= 11 is 0.335. The highest BCUT2D eigenvalue weighted by Crippen LogP contribution is 2.32. The SMILES string of the molecule is COc1ccc(NC(=O)c2ccccc2SC(F)F)c(OC)c1. The number of benzene rings is 2. The van der Waals surface area contributed by atoms with E-state index >= 15 is 0 Å². The van der Waals surface area contributed by atoms with Crippen LogP contribution in [0.1, 0.15) is 10.4 Å². The second-order valence-corrected chi connectivity index (χ2v) is 5.43. The van der Waals surface area contributed by atoms with Gasteiger partial charge >= 0.3 is 0 Å². The Morgan fingerprint density at radius 1 is 1.13 bits per heavy atom. The van der Waals surface area contributed by atoms with Crippen LogP contribution in [0.15, 0.2) is 47.4 Å². The first kappa shape index (κ1) is 17.1. The van der Waals surface area contributed by atoms with Gasteiger partial charge in [0.05, 0.1) is 25.5 Å². The van der Waals surface area contributed by atoms with Crippen LogP contribution in [0.3, 0.4) is 0 Å². The van der Waals surface area contributed by atoms with E-state index in [0.717, 1.165) is 0 Å². The number of nitrogens with one attached hydrogen (secondary N) is 1. The van der Waals surface area contributed by atoms with Gasteiger partial charge in [-0.25, -0.2) is 0 Å². The van der Waals surface area contributed by atoms with Crippen molar-refractivity contribution in [2.24, 2.45) is 0 Å². The topological polar surface area (TPSA) is 47.6 Å². The van der Waals surface area contributed by atoms with Gasteiger partial charge in [-0.15, -0.1) is 0 Å². The number of ether oxygens (including phenoxy) is 2. The summed E-state index contributed by atoms with van der Waals surface area (Å²) in [5.74, 6) is -2.10. The molecule has 0 saturated heterocycles. The number of halogens is 2. The zero-order valence-electron chi connectivity index (χ0n) is 12.5. The second kappa shape index (κ2) is 7.82. The minimum Gasteiger partial charge on any atom is -0.497 e. The Labute approximate surface area is 136 Å². The number of hydrogen-bond acceptors (Lipinski definition) is 4. The summed E-state index contributed by atoms with van der Waals surface area (Å²) in [7, 11) is 2.98. The number of amides is 1. The Morgan fingerprint density at radius 3 is 2.52 bits per heavy atom. The summed E-state index contributed by atoms with van der Waals surface area (Å²) in [6.45, 7) is 0. The first-order valence-corrected chi connectivity index (χ1v) is 7.50. The molecule has 0 atom stereocenters. The average molecular weight is 339 g/mol. The molecule has 0 aromatic heterocycles. The largest absolute Gasteiger partial charge is 0.497 e. The number of methoxy groups -OCH3 is 2. The summed E-state index contributed by atoms with van der Waals surface area (Å²) in [5.41, 5.74) is 0.603. The van der Waals surface area contributed by atoms with Crippen molar-refractivity contribution in [2.75, 3.05) is 19.5 Å². The predicted molar refractivity (Wildman–Crippen MR) is 85.8 cm³/mol. The van der Waals surface area contributed by atoms with E-state index in [1.54, 1.807) is 30.3 Å². The molecule has 0 spiro atoms. The van der Waals surface area contributed by atoms with Gasteiger partial charge in [-0.2, -0.15) is 8.78 Å². The number of anilines is 1. The highest BCUT2D eigenvalue weighted by atomic mass is 32.2. The molecule has 7 heteroatoms. The zero-order valence-corrected chi connectivity index (χ0v) is 13.3. The van der Waals surface area contributed by atoms with E-state index < -0.39 is 11.7 Å². The summed E-state index contributed by atoms with van der Waals surface area (Å²) in [4.78, 5) is 12.6. The van der Waals surface area contributed by atoms with Crippen LogP contribution in [0.4, 0.5) is 14.5 Å². The van der Waals surface area contributed by atoms with Gasteiger partial charge in [0.1, 0.15) is 11.5 Å². The van der Waals surface area contributed by atoms with Crippen LogP contribution in [0.2, 0.25) is 0 Å². The number of thioether (sulfide) groups is 1. The van der Waals surface area contributed by atoms with Crippen LogP contribution in [0.25, 0.3) is 0 Å². The van der Waals surface area contributed by atoms with Crippen molar-refractivity contribution in [1.82, 2.24) is 0 Å². The van der Waals surface area contributed by atoms with E-state index in [1.807, 2.05) is 0 Å². The fourth-order valence-corrected chi connectivity index (χ4v) is 2.58. The monoisotopic (exact) mass is 339 g/mol. The third-order valence-electron chi connectivity index (χ3n) is 3.00. The molecule has 0 bridgehead atoms. The maximum absolute atomic E-state index is 12.6. The Morgan fingerprint density at radius 2 is 1.87 bits per heavy atom. The molecule has 2 aromatic carbocycles. The predicted octanol–water partition coefficient (Wildman–Crippen LogP) is 4.27. The Hall–Kier alpha value is -2.28. The summed E-state index contributed by atoms with van der Waals surface area (Å²) < 4.78 is 35.5. The Bertz CT molecular complexity index is 695.